The fourth-order valence-electron chi connectivity index (χ4n) is 3.25. The van der Waals surface area contributed by atoms with E-state index in [0.717, 1.165) is 30.6 Å². The number of amides is 1. The fourth-order valence-corrected chi connectivity index (χ4v) is 3.25. The van der Waals surface area contributed by atoms with E-state index in [9.17, 15) is 9.59 Å². The predicted octanol–water partition coefficient (Wildman–Crippen LogP) is 3.54. The van der Waals surface area contributed by atoms with E-state index in [1.54, 1.807) is 13.1 Å². The summed E-state index contributed by atoms with van der Waals surface area (Å²) in [4.78, 5) is 23.2. The molecule has 1 N–H and O–H groups in total. The van der Waals surface area contributed by atoms with Gasteiger partial charge in [-0.1, -0.05) is 25.0 Å². The maximum atomic E-state index is 12.2. The number of ketones is 1. The van der Waals surface area contributed by atoms with Gasteiger partial charge in [-0.15, -0.1) is 0 Å². The van der Waals surface area contributed by atoms with Crippen molar-refractivity contribution >= 4 is 17.5 Å². The van der Waals surface area contributed by atoms with Crippen LogP contribution in [0.4, 0.5) is 5.82 Å². The normalized spacial score (nSPS) is 14.3. The van der Waals surface area contributed by atoms with Crippen LogP contribution < -0.4 is 10.1 Å². The molecule has 0 saturated heterocycles. The molecule has 1 heterocycles. The van der Waals surface area contributed by atoms with E-state index in [1.165, 1.54) is 12.8 Å². The molecule has 138 valence electrons. The average molecular weight is 355 g/mol. The molecule has 1 amide bonds. The Bertz CT molecular complexity index is 746. The number of anilines is 1. The number of nitrogens with one attached hydrogen (secondary N) is 1. The van der Waals surface area contributed by atoms with Crippen LogP contribution in [0.15, 0.2) is 36.5 Å². The van der Waals surface area contributed by atoms with Gasteiger partial charge in [0.05, 0.1) is 12.2 Å². The van der Waals surface area contributed by atoms with Crippen LogP contribution in [0.25, 0.3) is 0 Å². The summed E-state index contributed by atoms with van der Waals surface area (Å²) in [6, 6.07) is 9.69. The van der Waals surface area contributed by atoms with Crippen molar-refractivity contribution in [2.24, 2.45) is 0 Å². The molecule has 6 heteroatoms. The van der Waals surface area contributed by atoms with Gasteiger partial charge in [0.1, 0.15) is 17.4 Å². The number of hydrogen-bond donors (Lipinski definition) is 1. The van der Waals surface area contributed by atoms with Crippen LogP contribution in [-0.4, -0.2) is 28.1 Å². The monoisotopic (exact) mass is 355 g/mol. The van der Waals surface area contributed by atoms with Crippen LogP contribution in [0, 0.1) is 0 Å². The molecule has 1 aromatic heterocycles. The summed E-state index contributed by atoms with van der Waals surface area (Å²) < 4.78 is 7.47. The van der Waals surface area contributed by atoms with Gasteiger partial charge in [0.2, 0.25) is 0 Å². The second-order valence-electron chi connectivity index (χ2n) is 6.78. The zero-order valence-electron chi connectivity index (χ0n) is 15.1. The van der Waals surface area contributed by atoms with Crippen LogP contribution in [-0.2, 0) is 16.0 Å². The molecule has 0 bridgehead atoms. The average Bonchev–Trinajstić information content (AvgIpc) is 3.30. The number of aromatic nitrogens is 2. The Morgan fingerprint density at radius 3 is 2.62 bits per heavy atom. The first-order chi connectivity index (χ1) is 12.6. The molecule has 0 atom stereocenters. The Morgan fingerprint density at radius 2 is 1.92 bits per heavy atom. The highest BCUT2D eigenvalue weighted by Crippen LogP contribution is 2.31. The highest BCUT2D eigenvalue weighted by molar-refractivity contribution is 5.91. The summed E-state index contributed by atoms with van der Waals surface area (Å²) in [5.74, 6) is 1.34. The Morgan fingerprint density at radius 1 is 1.19 bits per heavy atom. The number of benzene rings is 1. The first-order valence-corrected chi connectivity index (χ1v) is 9.16. The summed E-state index contributed by atoms with van der Waals surface area (Å²) in [6.45, 7) is 1.54. The molecule has 6 nitrogen and oxygen atoms in total. The van der Waals surface area contributed by atoms with Crippen LogP contribution in [0.2, 0.25) is 0 Å². The summed E-state index contributed by atoms with van der Waals surface area (Å²) in [5.41, 5.74) is 1.08. The number of Topliss-reactive ketones (excluding diaryl/α,β-unsaturated/α-hetero) is 1. The van der Waals surface area contributed by atoms with Gasteiger partial charge >= 0.3 is 0 Å². The molecule has 0 spiro atoms. The van der Waals surface area contributed by atoms with Gasteiger partial charge in [-0.2, -0.15) is 5.10 Å². The van der Waals surface area contributed by atoms with Crippen LogP contribution >= 0.6 is 0 Å². The van der Waals surface area contributed by atoms with Gasteiger partial charge in [-0.25, -0.2) is 4.68 Å². The lowest BCUT2D eigenvalue weighted by Gasteiger charge is -2.14. The maximum absolute atomic E-state index is 12.2. The lowest BCUT2D eigenvalue weighted by Crippen LogP contribution is -2.23. The molecule has 1 aliphatic carbocycles. The quantitative estimate of drug-likeness (QED) is 0.786. The number of carbonyl (C=O) groups excluding carboxylic acids is 2. The van der Waals surface area contributed by atoms with E-state index in [-0.39, 0.29) is 18.3 Å². The lowest BCUT2D eigenvalue weighted by molar-refractivity contribution is -0.118. The van der Waals surface area contributed by atoms with E-state index >= 15 is 0 Å². The molecule has 1 saturated carbocycles. The Hall–Kier alpha value is -2.63. The molecule has 0 aliphatic heterocycles. The predicted molar refractivity (Wildman–Crippen MR) is 99.3 cm³/mol. The fraction of sp³-hybridized carbons (Fsp3) is 0.450. The summed E-state index contributed by atoms with van der Waals surface area (Å²) in [5, 5.41) is 7.23. The van der Waals surface area contributed by atoms with Gasteiger partial charge in [0, 0.05) is 12.5 Å². The zero-order valence-corrected chi connectivity index (χ0v) is 15.1. The standard InChI is InChI=1S/C20H25N3O3/c1-15(24)6-7-16-8-10-18(11-9-16)26-14-20(25)22-19-12-13-21-23(19)17-4-2-3-5-17/h8-13,17H,2-7,14H2,1H3,(H,22,25). The third-order valence-corrected chi connectivity index (χ3v) is 4.67. The number of aryl methyl sites for hydroxylation is 1. The molecule has 2 aromatic rings. The maximum Gasteiger partial charge on any atom is 0.263 e. The Labute approximate surface area is 153 Å². The smallest absolute Gasteiger partial charge is 0.263 e. The van der Waals surface area contributed by atoms with Crippen LogP contribution in [0.1, 0.15) is 50.6 Å². The molecule has 0 radical (unpaired) electrons. The van der Waals surface area contributed by atoms with E-state index in [4.69, 9.17) is 4.74 Å². The minimum Gasteiger partial charge on any atom is -0.484 e. The van der Waals surface area contributed by atoms with Gasteiger partial charge in [-0.3, -0.25) is 4.79 Å². The first-order valence-electron chi connectivity index (χ1n) is 9.16. The molecule has 26 heavy (non-hydrogen) atoms. The zero-order chi connectivity index (χ0) is 18.4. The number of nitrogens with zero attached hydrogens (tertiary/aromatic N) is 2. The molecule has 1 aromatic carbocycles. The molecular weight excluding hydrogens is 330 g/mol. The number of carbonyl (C=O) groups is 2. The van der Waals surface area contributed by atoms with Crippen molar-refractivity contribution in [2.45, 2.75) is 51.5 Å². The Balaban J connectivity index is 1.48. The third kappa shape index (κ3) is 4.94. The van der Waals surface area contributed by atoms with Crippen molar-refractivity contribution in [2.75, 3.05) is 11.9 Å². The molecule has 0 unspecified atom stereocenters. The van der Waals surface area contributed by atoms with Gasteiger partial charge in [-0.05, 0) is 43.9 Å². The van der Waals surface area contributed by atoms with Crippen molar-refractivity contribution in [1.82, 2.24) is 9.78 Å². The van der Waals surface area contributed by atoms with Crippen LogP contribution in [0.5, 0.6) is 5.75 Å². The van der Waals surface area contributed by atoms with Crippen LogP contribution in [0.3, 0.4) is 0 Å². The van der Waals surface area contributed by atoms with Crippen molar-refractivity contribution in [3.05, 3.63) is 42.1 Å². The molecular formula is C20H25N3O3. The number of hydrogen-bond acceptors (Lipinski definition) is 4. The molecule has 1 fully saturated rings. The van der Waals surface area contributed by atoms with E-state index < -0.39 is 0 Å². The molecule has 3 rings (SSSR count). The van der Waals surface area contributed by atoms with Gasteiger partial charge < -0.3 is 14.8 Å². The van der Waals surface area contributed by atoms with Crippen molar-refractivity contribution in [1.29, 1.82) is 0 Å². The minimum absolute atomic E-state index is 0.0529. The highest BCUT2D eigenvalue weighted by atomic mass is 16.5. The van der Waals surface area contributed by atoms with Crippen molar-refractivity contribution in [3.63, 3.8) is 0 Å². The van der Waals surface area contributed by atoms with Gasteiger partial charge in [0.25, 0.3) is 5.91 Å². The van der Waals surface area contributed by atoms with Crippen molar-refractivity contribution < 1.29 is 14.3 Å². The summed E-state index contributed by atoms with van der Waals surface area (Å²) in [6.07, 6.45) is 7.62. The van der Waals surface area contributed by atoms with Crippen molar-refractivity contribution in [3.8, 4) is 5.75 Å². The van der Waals surface area contributed by atoms with Gasteiger partial charge in [0.15, 0.2) is 6.61 Å². The second kappa shape index (κ2) is 8.65. The largest absolute Gasteiger partial charge is 0.484 e. The van der Waals surface area contributed by atoms with E-state index in [2.05, 4.69) is 10.4 Å². The topological polar surface area (TPSA) is 73.2 Å². The summed E-state index contributed by atoms with van der Waals surface area (Å²) in [7, 11) is 0. The number of ether oxygens (including phenoxy) is 1. The third-order valence-electron chi connectivity index (χ3n) is 4.67. The Kier molecular flexibility index (Phi) is 6.04. The number of rotatable bonds is 8. The minimum atomic E-state index is -0.203. The first kappa shape index (κ1) is 18.2. The molecule has 1 aliphatic rings. The lowest BCUT2D eigenvalue weighted by atomic mass is 10.1. The second-order valence-corrected chi connectivity index (χ2v) is 6.78. The van der Waals surface area contributed by atoms with E-state index in [1.807, 2.05) is 35.0 Å². The highest BCUT2D eigenvalue weighted by Gasteiger charge is 2.20. The SMILES string of the molecule is CC(=O)CCc1ccc(OCC(=O)Nc2ccnn2C2CCCC2)cc1. The summed E-state index contributed by atoms with van der Waals surface area (Å²) >= 11 is 0. The van der Waals surface area contributed by atoms with E-state index in [0.29, 0.717) is 18.2 Å².